The smallest absolute Gasteiger partial charge is 0.000671 e. The molecule has 1 aliphatic rings. The van der Waals surface area contributed by atoms with Crippen molar-refractivity contribution in [2.45, 2.75) is 33.6 Å². The highest BCUT2D eigenvalue weighted by Crippen LogP contribution is 2.28. The largest absolute Gasteiger partial charge is 0.306 e. The van der Waals surface area contributed by atoms with Crippen LogP contribution in [-0.2, 0) is 0 Å². The van der Waals surface area contributed by atoms with Crippen molar-refractivity contribution in [3.63, 3.8) is 0 Å². The van der Waals surface area contributed by atoms with Gasteiger partial charge in [-0.1, -0.05) is 20.8 Å². The summed E-state index contributed by atoms with van der Waals surface area (Å²) in [6.45, 7) is 9.74. The molecule has 1 heterocycles. The molecule has 1 heteroatoms. The third kappa shape index (κ3) is 2.48. The fourth-order valence-corrected chi connectivity index (χ4v) is 2.59. The average molecular weight is 169 g/mol. The Balaban J connectivity index is 2.51. The van der Waals surface area contributed by atoms with Gasteiger partial charge in [0.2, 0.25) is 0 Å². The van der Waals surface area contributed by atoms with E-state index in [0.29, 0.717) is 0 Å². The maximum absolute atomic E-state index is 2.48. The van der Waals surface area contributed by atoms with Crippen LogP contribution < -0.4 is 0 Å². The van der Waals surface area contributed by atoms with Crippen LogP contribution in [0.25, 0.3) is 0 Å². The van der Waals surface area contributed by atoms with Gasteiger partial charge in [-0.05, 0) is 44.2 Å². The SMILES string of the molecule is CC(C)C1CCCN(C)CC1C. The summed E-state index contributed by atoms with van der Waals surface area (Å²) in [5, 5.41) is 0. The third-order valence-electron chi connectivity index (χ3n) is 3.26. The number of rotatable bonds is 1. The first-order valence-corrected chi connectivity index (χ1v) is 5.29. The van der Waals surface area contributed by atoms with E-state index >= 15 is 0 Å². The predicted octanol–water partition coefficient (Wildman–Crippen LogP) is 2.62. The van der Waals surface area contributed by atoms with Crippen LogP contribution in [0.2, 0.25) is 0 Å². The number of hydrogen-bond donors (Lipinski definition) is 0. The zero-order chi connectivity index (χ0) is 9.14. The van der Waals surface area contributed by atoms with Crippen molar-refractivity contribution < 1.29 is 0 Å². The highest BCUT2D eigenvalue weighted by molar-refractivity contribution is 4.75. The third-order valence-corrected chi connectivity index (χ3v) is 3.26. The van der Waals surface area contributed by atoms with Crippen molar-refractivity contribution in [3.05, 3.63) is 0 Å². The minimum absolute atomic E-state index is 0.867. The molecule has 2 unspecified atom stereocenters. The first-order valence-electron chi connectivity index (χ1n) is 5.29. The van der Waals surface area contributed by atoms with E-state index in [1.165, 1.54) is 25.9 Å². The van der Waals surface area contributed by atoms with E-state index in [0.717, 1.165) is 17.8 Å². The molecule has 1 nitrogen and oxygen atoms in total. The lowest BCUT2D eigenvalue weighted by molar-refractivity contribution is 0.230. The lowest BCUT2D eigenvalue weighted by atomic mass is 9.82. The van der Waals surface area contributed by atoms with Crippen molar-refractivity contribution in [2.75, 3.05) is 20.1 Å². The standard InChI is InChI=1S/C11H23N/c1-9(2)11-6-5-7-12(4)8-10(11)3/h9-11H,5-8H2,1-4H3. The molecule has 0 aromatic carbocycles. The molecular formula is C11H23N. The van der Waals surface area contributed by atoms with Gasteiger partial charge in [0.25, 0.3) is 0 Å². The Morgan fingerprint density at radius 1 is 1.33 bits per heavy atom. The van der Waals surface area contributed by atoms with Gasteiger partial charge in [0, 0.05) is 6.54 Å². The van der Waals surface area contributed by atoms with Crippen molar-refractivity contribution in [2.24, 2.45) is 17.8 Å². The molecule has 72 valence electrons. The summed E-state index contributed by atoms with van der Waals surface area (Å²) in [6.07, 6.45) is 2.83. The molecule has 2 atom stereocenters. The monoisotopic (exact) mass is 169 g/mol. The summed E-state index contributed by atoms with van der Waals surface area (Å²) < 4.78 is 0. The molecule has 1 rings (SSSR count). The Morgan fingerprint density at radius 2 is 2.00 bits per heavy atom. The van der Waals surface area contributed by atoms with Crippen LogP contribution >= 0.6 is 0 Å². The molecule has 0 aliphatic carbocycles. The maximum atomic E-state index is 2.48. The molecule has 0 N–H and O–H groups in total. The topological polar surface area (TPSA) is 3.24 Å². The van der Waals surface area contributed by atoms with Crippen LogP contribution in [-0.4, -0.2) is 25.0 Å². The van der Waals surface area contributed by atoms with Crippen molar-refractivity contribution in [3.8, 4) is 0 Å². The maximum Gasteiger partial charge on any atom is 0.000671 e. The summed E-state index contributed by atoms with van der Waals surface area (Å²) in [5.41, 5.74) is 0. The van der Waals surface area contributed by atoms with Crippen LogP contribution in [0, 0.1) is 17.8 Å². The van der Waals surface area contributed by atoms with Gasteiger partial charge < -0.3 is 4.90 Å². The number of nitrogens with zero attached hydrogens (tertiary/aromatic N) is 1. The Hall–Kier alpha value is -0.0400. The van der Waals surface area contributed by atoms with Gasteiger partial charge in [0.1, 0.15) is 0 Å². The van der Waals surface area contributed by atoms with E-state index in [1.54, 1.807) is 0 Å². The summed E-state index contributed by atoms with van der Waals surface area (Å²) in [6, 6.07) is 0. The summed E-state index contributed by atoms with van der Waals surface area (Å²) >= 11 is 0. The van der Waals surface area contributed by atoms with Gasteiger partial charge >= 0.3 is 0 Å². The lowest BCUT2D eigenvalue weighted by Crippen LogP contribution is -2.26. The minimum Gasteiger partial charge on any atom is -0.306 e. The van der Waals surface area contributed by atoms with Crippen molar-refractivity contribution >= 4 is 0 Å². The summed E-state index contributed by atoms with van der Waals surface area (Å²) in [4.78, 5) is 2.48. The van der Waals surface area contributed by atoms with Gasteiger partial charge in [0.15, 0.2) is 0 Å². The predicted molar refractivity (Wildman–Crippen MR) is 54.2 cm³/mol. The zero-order valence-corrected chi connectivity index (χ0v) is 9.01. The zero-order valence-electron chi connectivity index (χ0n) is 9.01. The Bertz CT molecular complexity index is 131. The van der Waals surface area contributed by atoms with Gasteiger partial charge in [0.05, 0.1) is 0 Å². The minimum atomic E-state index is 0.867. The highest BCUT2D eigenvalue weighted by atomic mass is 15.1. The number of hydrogen-bond acceptors (Lipinski definition) is 1. The van der Waals surface area contributed by atoms with Crippen LogP contribution in [0.3, 0.4) is 0 Å². The normalized spacial score (nSPS) is 33.8. The molecule has 1 fully saturated rings. The Labute approximate surface area is 77.1 Å². The molecule has 1 saturated heterocycles. The van der Waals surface area contributed by atoms with Gasteiger partial charge in [-0.15, -0.1) is 0 Å². The summed E-state index contributed by atoms with van der Waals surface area (Å²) in [5.74, 6) is 2.71. The Kier molecular flexibility index (Phi) is 3.57. The summed E-state index contributed by atoms with van der Waals surface area (Å²) in [7, 11) is 2.25. The lowest BCUT2D eigenvalue weighted by Gasteiger charge is -2.26. The molecule has 0 spiro atoms. The van der Waals surface area contributed by atoms with Gasteiger partial charge in [-0.3, -0.25) is 0 Å². The first kappa shape index (κ1) is 10.0. The van der Waals surface area contributed by atoms with E-state index in [4.69, 9.17) is 0 Å². The second-order valence-corrected chi connectivity index (χ2v) is 4.79. The number of likely N-dealkylation sites (tertiary alicyclic amines) is 1. The molecule has 0 bridgehead atoms. The first-order chi connectivity index (χ1) is 5.61. The van der Waals surface area contributed by atoms with Crippen LogP contribution in [0.4, 0.5) is 0 Å². The molecule has 0 aromatic heterocycles. The molecule has 0 amide bonds. The van der Waals surface area contributed by atoms with Crippen LogP contribution in [0.5, 0.6) is 0 Å². The highest BCUT2D eigenvalue weighted by Gasteiger charge is 2.24. The van der Waals surface area contributed by atoms with E-state index < -0.39 is 0 Å². The average Bonchev–Trinajstić information content (AvgIpc) is 2.10. The second-order valence-electron chi connectivity index (χ2n) is 4.79. The van der Waals surface area contributed by atoms with Gasteiger partial charge in [-0.25, -0.2) is 0 Å². The van der Waals surface area contributed by atoms with Crippen molar-refractivity contribution in [1.29, 1.82) is 0 Å². The molecule has 0 aromatic rings. The van der Waals surface area contributed by atoms with E-state index in [-0.39, 0.29) is 0 Å². The molecule has 1 aliphatic heterocycles. The fraction of sp³-hybridized carbons (Fsp3) is 1.00. The molecule has 0 radical (unpaired) electrons. The molecular weight excluding hydrogens is 146 g/mol. The van der Waals surface area contributed by atoms with Gasteiger partial charge in [-0.2, -0.15) is 0 Å². The van der Waals surface area contributed by atoms with Crippen molar-refractivity contribution in [1.82, 2.24) is 4.90 Å². The molecule has 12 heavy (non-hydrogen) atoms. The van der Waals surface area contributed by atoms with E-state index in [9.17, 15) is 0 Å². The van der Waals surface area contributed by atoms with Crippen LogP contribution in [0.15, 0.2) is 0 Å². The Morgan fingerprint density at radius 3 is 2.58 bits per heavy atom. The van der Waals surface area contributed by atoms with E-state index in [2.05, 4.69) is 32.7 Å². The second kappa shape index (κ2) is 4.27. The van der Waals surface area contributed by atoms with Crippen LogP contribution in [0.1, 0.15) is 33.6 Å². The fourth-order valence-electron chi connectivity index (χ4n) is 2.59. The quantitative estimate of drug-likeness (QED) is 0.583. The van der Waals surface area contributed by atoms with E-state index in [1.807, 2.05) is 0 Å². The molecule has 0 saturated carbocycles.